The van der Waals surface area contributed by atoms with Crippen molar-refractivity contribution >= 4 is 17.4 Å². The Hall–Kier alpha value is -2.80. The summed E-state index contributed by atoms with van der Waals surface area (Å²) in [5, 5.41) is 6.09. The van der Waals surface area contributed by atoms with Crippen LogP contribution in [0.4, 0.5) is 11.5 Å². The molecule has 0 unspecified atom stereocenters. The molecule has 0 radical (unpaired) electrons. The fraction of sp³-hybridized carbons (Fsp3) is 0.368. The monoisotopic (exact) mass is 358 g/mol. The van der Waals surface area contributed by atoms with E-state index in [4.69, 9.17) is 9.47 Å². The molecule has 0 fully saturated rings. The Morgan fingerprint density at radius 2 is 1.96 bits per heavy atom. The quantitative estimate of drug-likeness (QED) is 0.671. The Balaban J connectivity index is 2.04. The minimum Gasteiger partial charge on any atom is -0.497 e. The predicted molar refractivity (Wildman–Crippen MR) is 103 cm³/mol. The molecule has 0 spiro atoms. The number of nitrogens with zero attached hydrogens (tertiary/aromatic N) is 2. The van der Waals surface area contributed by atoms with Crippen molar-refractivity contribution in [2.24, 2.45) is 0 Å². The maximum Gasteiger partial charge on any atom is 0.251 e. The van der Waals surface area contributed by atoms with E-state index in [-0.39, 0.29) is 5.91 Å². The highest BCUT2D eigenvalue weighted by Crippen LogP contribution is 2.31. The second-order valence-electron chi connectivity index (χ2n) is 6.03. The van der Waals surface area contributed by atoms with E-state index in [1.54, 1.807) is 38.6 Å². The summed E-state index contributed by atoms with van der Waals surface area (Å²) >= 11 is 0. The Morgan fingerprint density at radius 3 is 2.65 bits per heavy atom. The smallest absolute Gasteiger partial charge is 0.251 e. The first-order chi connectivity index (χ1) is 12.5. The summed E-state index contributed by atoms with van der Waals surface area (Å²) < 4.78 is 10.6. The fourth-order valence-corrected chi connectivity index (χ4v) is 2.38. The number of methoxy groups -OCH3 is 2. The summed E-state index contributed by atoms with van der Waals surface area (Å²) in [5.41, 5.74) is 1.30. The van der Waals surface area contributed by atoms with Gasteiger partial charge >= 0.3 is 0 Å². The van der Waals surface area contributed by atoms with E-state index < -0.39 is 0 Å². The summed E-state index contributed by atoms with van der Waals surface area (Å²) in [5.74, 6) is 1.78. The molecule has 1 aromatic heterocycles. The van der Waals surface area contributed by atoms with E-state index >= 15 is 0 Å². The molecular formula is C19H26N4O3. The lowest BCUT2D eigenvalue weighted by Crippen LogP contribution is -2.27. The predicted octanol–water partition coefficient (Wildman–Crippen LogP) is 2.52. The maximum atomic E-state index is 12.3. The molecule has 2 aromatic rings. The molecule has 0 aliphatic carbocycles. The van der Waals surface area contributed by atoms with Gasteiger partial charge in [0.05, 0.1) is 19.9 Å². The minimum absolute atomic E-state index is 0.115. The van der Waals surface area contributed by atoms with Crippen molar-refractivity contribution in [3.63, 3.8) is 0 Å². The van der Waals surface area contributed by atoms with E-state index in [9.17, 15) is 4.79 Å². The average Bonchev–Trinajstić information content (AvgIpc) is 2.65. The summed E-state index contributed by atoms with van der Waals surface area (Å²) in [6.45, 7) is 1.56. The van der Waals surface area contributed by atoms with E-state index in [1.807, 2.05) is 26.2 Å². The number of pyridine rings is 1. The lowest BCUT2D eigenvalue weighted by atomic mass is 10.2. The summed E-state index contributed by atoms with van der Waals surface area (Å²) in [4.78, 5) is 18.6. The van der Waals surface area contributed by atoms with Crippen molar-refractivity contribution in [2.45, 2.75) is 6.42 Å². The van der Waals surface area contributed by atoms with Gasteiger partial charge in [0.25, 0.3) is 5.91 Å². The highest BCUT2D eigenvalue weighted by molar-refractivity contribution is 5.94. The minimum atomic E-state index is -0.115. The molecule has 0 saturated heterocycles. The van der Waals surface area contributed by atoms with Gasteiger partial charge in [-0.1, -0.05) is 0 Å². The van der Waals surface area contributed by atoms with Crippen LogP contribution in [0, 0.1) is 0 Å². The molecule has 7 nitrogen and oxygen atoms in total. The number of anilines is 2. The van der Waals surface area contributed by atoms with Gasteiger partial charge < -0.3 is 25.0 Å². The number of hydrogen-bond acceptors (Lipinski definition) is 6. The molecule has 0 aliphatic rings. The van der Waals surface area contributed by atoms with Gasteiger partial charge in [0, 0.05) is 24.4 Å². The van der Waals surface area contributed by atoms with E-state index in [0.29, 0.717) is 29.4 Å². The van der Waals surface area contributed by atoms with Crippen molar-refractivity contribution in [3.05, 3.63) is 42.1 Å². The Kier molecular flexibility index (Phi) is 7.23. The van der Waals surface area contributed by atoms with Gasteiger partial charge in [-0.3, -0.25) is 4.79 Å². The molecule has 140 valence electrons. The summed E-state index contributed by atoms with van der Waals surface area (Å²) in [6.07, 6.45) is 2.51. The van der Waals surface area contributed by atoms with Crippen LogP contribution in [0.25, 0.3) is 0 Å². The van der Waals surface area contributed by atoms with Crippen molar-refractivity contribution in [1.82, 2.24) is 15.2 Å². The third-order valence-electron chi connectivity index (χ3n) is 3.76. The standard InChI is InChI=1S/C19H26N4O3/c1-23(2)11-5-9-21-19(24)14-8-10-20-18(12-14)22-16-7-6-15(25-3)13-17(16)26-4/h6-8,10,12-13H,5,9,11H2,1-4H3,(H,20,22)(H,21,24). The summed E-state index contributed by atoms with van der Waals surface area (Å²) in [7, 11) is 7.21. The molecule has 0 atom stereocenters. The SMILES string of the molecule is COc1ccc(Nc2cc(C(=O)NCCCN(C)C)ccn2)c(OC)c1. The molecule has 7 heteroatoms. The summed E-state index contributed by atoms with van der Waals surface area (Å²) in [6, 6.07) is 8.85. The van der Waals surface area contributed by atoms with E-state index in [1.165, 1.54) is 0 Å². The van der Waals surface area contributed by atoms with Crippen LogP contribution in [0.15, 0.2) is 36.5 Å². The number of ether oxygens (including phenoxy) is 2. The first-order valence-corrected chi connectivity index (χ1v) is 8.41. The van der Waals surface area contributed by atoms with Gasteiger partial charge in [-0.15, -0.1) is 0 Å². The Bertz CT molecular complexity index is 734. The second-order valence-corrected chi connectivity index (χ2v) is 6.03. The van der Waals surface area contributed by atoms with Gasteiger partial charge in [0.1, 0.15) is 17.3 Å². The van der Waals surface area contributed by atoms with Gasteiger partial charge in [-0.2, -0.15) is 0 Å². The molecule has 1 aromatic carbocycles. The number of carbonyl (C=O) groups is 1. The fourth-order valence-electron chi connectivity index (χ4n) is 2.38. The van der Waals surface area contributed by atoms with Gasteiger partial charge in [-0.25, -0.2) is 4.98 Å². The lowest BCUT2D eigenvalue weighted by Gasteiger charge is -2.13. The third kappa shape index (κ3) is 5.63. The normalized spacial score (nSPS) is 10.5. The number of hydrogen-bond donors (Lipinski definition) is 2. The van der Waals surface area contributed by atoms with Crippen LogP contribution in [0.1, 0.15) is 16.8 Å². The maximum absolute atomic E-state index is 12.3. The van der Waals surface area contributed by atoms with Crippen LogP contribution in [-0.2, 0) is 0 Å². The molecule has 1 amide bonds. The van der Waals surface area contributed by atoms with Crippen LogP contribution < -0.4 is 20.1 Å². The molecular weight excluding hydrogens is 332 g/mol. The highest BCUT2D eigenvalue weighted by atomic mass is 16.5. The molecule has 0 bridgehead atoms. The Labute approximate surface area is 154 Å². The van der Waals surface area contributed by atoms with Gasteiger partial charge in [0.2, 0.25) is 0 Å². The first-order valence-electron chi connectivity index (χ1n) is 8.41. The van der Waals surface area contributed by atoms with Gasteiger partial charge in [0.15, 0.2) is 0 Å². The lowest BCUT2D eigenvalue weighted by molar-refractivity contribution is 0.0952. The van der Waals surface area contributed by atoms with Crippen molar-refractivity contribution in [1.29, 1.82) is 0 Å². The number of amides is 1. The number of carbonyl (C=O) groups excluding carboxylic acids is 1. The molecule has 2 N–H and O–H groups in total. The molecule has 2 rings (SSSR count). The van der Waals surface area contributed by atoms with Crippen LogP contribution >= 0.6 is 0 Å². The number of benzene rings is 1. The van der Waals surface area contributed by atoms with E-state index in [2.05, 4.69) is 20.5 Å². The van der Waals surface area contributed by atoms with Crippen LogP contribution in [0.3, 0.4) is 0 Å². The molecule has 1 heterocycles. The highest BCUT2D eigenvalue weighted by Gasteiger charge is 2.09. The largest absolute Gasteiger partial charge is 0.497 e. The third-order valence-corrected chi connectivity index (χ3v) is 3.76. The van der Waals surface area contributed by atoms with Crippen LogP contribution in [0.5, 0.6) is 11.5 Å². The Morgan fingerprint density at radius 1 is 1.15 bits per heavy atom. The zero-order chi connectivity index (χ0) is 18.9. The number of aromatic nitrogens is 1. The van der Waals surface area contributed by atoms with Crippen molar-refractivity contribution in [3.8, 4) is 11.5 Å². The average molecular weight is 358 g/mol. The molecule has 0 aliphatic heterocycles. The number of rotatable bonds is 9. The van der Waals surface area contributed by atoms with Crippen LogP contribution in [-0.4, -0.2) is 57.2 Å². The molecule has 26 heavy (non-hydrogen) atoms. The first kappa shape index (κ1) is 19.5. The van der Waals surface area contributed by atoms with Crippen LogP contribution in [0.2, 0.25) is 0 Å². The zero-order valence-electron chi connectivity index (χ0n) is 15.7. The second kappa shape index (κ2) is 9.62. The number of nitrogens with one attached hydrogen (secondary N) is 2. The molecule has 0 saturated carbocycles. The van der Waals surface area contributed by atoms with E-state index in [0.717, 1.165) is 18.7 Å². The van der Waals surface area contributed by atoms with Crippen molar-refractivity contribution < 1.29 is 14.3 Å². The van der Waals surface area contributed by atoms with Gasteiger partial charge in [-0.05, 0) is 51.3 Å². The zero-order valence-corrected chi connectivity index (χ0v) is 15.7. The topological polar surface area (TPSA) is 75.7 Å². The van der Waals surface area contributed by atoms with Crippen molar-refractivity contribution in [2.75, 3.05) is 46.7 Å².